The highest BCUT2D eigenvalue weighted by Crippen LogP contribution is 2.24. The molecule has 0 saturated heterocycles. The largest absolute Gasteiger partial charge is 0.356 e. The third-order valence-electron chi connectivity index (χ3n) is 5.49. The molecular weight excluding hydrogens is 312 g/mol. The van der Waals surface area contributed by atoms with Crippen LogP contribution in [0.2, 0.25) is 0 Å². The minimum Gasteiger partial charge on any atom is -0.356 e. The molecule has 0 radical (unpaired) electrons. The zero-order chi connectivity index (χ0) is 18.1. The Hall–Kier alpha value is -1.58. The zero-order valence-corrected chi connectivity index (χ0v) is 15.9. The lowest BCUT2D eigenvalue weighted by molar-refractivity contribution is -0.130. The van der Waals surface area contributed by atoms with E-state index >= 15 is 0 Å². The fourth-order valence-electron chi connectivity index (χ4n) is 3.45. The summed E-state index contributed by atoms with van der Waals surface area (Å²) in [5.74, 6) is 1.24. The molecule has 2 rings (SSSR count). The van der Waals surface area contributed by atoms with Gasteiger partial charge in [0.25, 0.3) is 0 Å². The number of amides is 2. The van der Waals surface area contributed by atoms with Gasteiger partial charge in [0.2, 0.25) is 11.8 Å². The molecule has 140 valence electrons. The Kier molecular flexibility index (Phi) is 7.73. The molecule has 0 aromatic heterocycles. The lowest BCUT2D eigenvalue weighted by Crippen LogP contribution is -2.40. The molecule has 2 aliphatic carbocycles. The van der Waals surface area contributed by atoms with Crippen molar-refractivity contribution in [3.8, 4) is 0 Å². The van der Waals surface area contributed by atoms with Crippen LogP contribution in [0.1, 0.15) is 65.2 Å². The lowest BCUT2D eigenvalue weighted by Gasteiger charge is -2.26. The van der Waals surface area contributed by atoms with E-state index in [2.05, 4.69) is 34.9 Å². The number of hydrogen-bond donors (Lipinski definition) is 2. The summed E-state index contributed by atoms with van der Waals surface area (Å²) in [6.07, 6.45) is 16.5. The van der Waals surface area contributed by atoms with Crippen molar-refractivity contribution >= 4 is 11.8 Å². The first kappa shape index (κ1) is 19.7. The van der Waals surface area contributed by atoms with Gasteiger partial charge in [-0.1, -0.05) is 38.2 Å². The van der Waals surface area contributed by atoms with Gasteiger partial charge in [0, 0.05) is 24.9 Å². The summed E-state index contributed by atoms with van der Waals surface area (Å²) in [7, 11) is 0. The Labute approximate surface area is 152 Å². The van der Waals surface area contributed by atoms with Gasteiger partial charge in [-0.2, -0.15) is 0 Å². The maximum absolute atomic E-state index is 12.5. The monoisotopic (exact) mass is 346 g/mol. The van der Waals surface area contributed by atoms with Gasteiger partial charge in [-0.3, -0.25) is 9.59 Å². The summed E-state index contributed by atoms with van der Waals surface area (Å²) in [5.41, 5.74) is -0.505. The molecule has 0 saturated carbocycles. The van der Waals surface area contributed by atoms with Crippen molar-refractivity contribution in [3.05, 3.63) is 24.3 Å². The van der Waals surface area contributed by atoms with Crippen LogP contribution in [0.5, 0.6) is 0 Å². The normalized spacial score (nSPS) is 23.3. The van der Waals surface area contributed by atoms with Crippen LogP contribution in [-0.4, -0.2) is 24.9 Å². The number of carbonyl (C=O) groups is 2. The first-order chi connectivity index (χ1) is 12.0. The quantitative estimate of drug-likeness (QED) is 0.658. The molecule has 2 atom stereocenters. The summed E-state index contributed by atoms with van der Waals surface area (Å²) < 4.78 is 0. The van der Waals surface area contributed by atoms with Gasteiger partial charge in [0.1, 0.15) is 0 Å². The van der Waals surface area contributed by atoms with E-state index in [0.717, 1.165) is 51.6 Å². The van der Waals surface area contributed by atoms with Crippen molar-refractivity contribution in [2.75, 3.05) is 13.1 Å². The van der Waals surface area contributed by atoms with Crippen LogP contribution in [0.15, 0.2) is 24.3 Å². The minimum atomic E-state index is -0.505. The van der Waals surface area contributed by atoms with E-state index in [9.17, 15) is 9.59 Å². The topological polar surface area (TPSA) is 58.2 Å². The van der Waals surface area contributed by atoms with Crippen LogP contribution in [0.25, 0.3) is 0 Å². The standard InChI is InChI=1S/C21H34N2O2/c1-21(2,20(25)23-16-18-11-7-4-8-12-18)14-13-19(24)22-15-17-9-5-3-6-10-17/h3-5,7,17-18H,6,8-16H2,1-2H3,(H,22,24)(H,23,25)/t17-,18+/m0/s1. The highest BCUT2D eigenvalue weighted by atomic mass is 16.2. The van der Waals surface area contributed by atoms with Crippen molar-refractivity contribution in [1.82, 2.24) is 10.6 Å². The third-order valence-corrected chi connectivity index (χ3v) is 5.49. The predicted octanol–water partition coefficient (Wildman–Crippen LogP) is 3.74. The van der Waals surface area contributed by atoms with Crippen molar-refractivity contribution in [1.29, 1.82) is 0 Å². The number of rotatable bonds is 8. The molecule has 2 amide bonds. The van der Waals surface area contributed by atoms with E-state index in [4.69, 9.17) is 0 Å². The van der Waals surface area contributed by atoms with E-state index < -0.39 is 5.41 Å². The van der Waals surface area contributed by atoms with Gasteiger partial charge in [-0.25, -0.2) is 0 Å². The predicted molar refractivity (Wildman–Crippen MR) is 102 cm³/mol. The Morgan fingerprint density at radius 1 is 0.920 bits per heavy atom. The molecule has 4 nitrogen and oxygen atoms in total. The van der Waals surface area contributed by atoms with Gasteiger partial charge in [0.05, 0.1) is 0 Å². The van der Waals surface area contributed by atoms with Crippen LogP contribution in [-0.2, 0) is 9.59 Å². The number of nitrogens with one attached hydrogen (secondary N) is 2. The fourth-order valence-corrected chi connectivity index (χ4v) is 3.45. The number of hydrogen-bond acceptors (Lipinski definition) is 2. The van der Waals surface area contributed by atoms with Crippen molar-refractivity contribution in [2.45, 2.75) is 65.2 Å². The molecule has 0 aromatic carbocycles. The Bertz CT molecular complexity index is 508. The summed E-state index contributed by atoms with van der Waals surface area (Å²) in [6.45, 7) is 5.36. The van der Waals surface area contributed by atoms with Gasteiger partial charge < -0.3 is 10.6 Å². The van der Waals surface area contributed by atoms with E-state index in [1.165, 1.54) is 0 Å². The first-order valence-electron chi connectivity index (χ1n) is 9.82. The summed E-state index contributed by atoms with van der Waals surface area (Å²) in [5, 5.41) is 6.12. The molecule has 2 N–H and O–H groups in total. The second-order valence-electron chi connectivity index (χ2n) is 8.20. The van der Waals surface area contributed by atoms with E-state index in [1.807, 2.05) is 13.8 Å². The lowest BCUT2D eigenvalue weighted by atomic mass is 9.86. The maximum Gasteiger partial charge on any atom is 0.225 e. The molecule has 0 aromatic rings. The highest BCUT2D eigenvalue weighted by Gasteiger charge is 2.28. The van der Waals surface area contributed by atoms with Gasteiger partial charge >= 0.3 is 0 Å². The highest BCUT2D eigenvalue weighted by molar-refractivity contribution is 5.83. The zero-order valence-electron chi connectivity index (χ0n) is 15.9. The maximum atomic E-state index is 12.5. The molecule has 0 heterocycles. The van der Waals surface area contributed by atoms with Crippen LogP contribution in [0.4, 0.5) is 0 Å². The van der Waals surface area contributed by atoms with Crippen molar-refractivity contribution < 1.29 is 9.59 Å². The average Bonchev–Trinajstić information content (AvgIpc) is 2.64. The molecule has 2 aliphatic rings. The second kappa shape index (κ2) is 9.79. The number of carbonyl (C=O) groups excluding carboxylic acids is 2. The summed E-state index contributed by atoms with van der Waals surface area (Å²) in [6, 6.07) is 0. The average molecular weight is 347 g/mol. The third kappa shape index (κ3) is 7.05. The Morgan fingerprint density at radius 3 is 2.00 bits per heavy atom. The van der Waals surface area contributed by atoms with E-state index in [1.54, 1.807) is 0 Å². The molecule has 0 fully saturated rings. The molecule has 4 heteroatoms. The SMILES string of the molecule is CC(C)(CCC(=O)NC[C@H]1CC=CCC1)C(=O)NC[C@@H]1CC=CCC1. The molecule has 0 aliphatic heterocycles. The van der Waals surface area contributed by atoms with Crippen LogP contribution in [0.3, 0.4) is 0 Å². The molecule has 0 bridgehead atoms. The van der Waals surface area contributed by atoms with Gasteiger partial charge in [-0.05, 0) is 56.8 Å². The fraction of sp³-hybridized carbons (Fsp3) is 0.714. The van der Waals surface area contributed by atoms with Gasteiger partial charge in [-0.15, -0.1) is 0 Å². The number of allylic oxidation sites excluding steroid dienone is 4. The first-order valence-corrected chi connectivity index (χ1v) is 9.82. The molecular formula is C21H34N2O2. The summed E-state index contributed by atoms with van der Waals surface area (Å²) >= 11 is 0. The smallest absolute Gasteiger partial charge is 0.225 e. The minimum absolute atomic E-state index is 0.0623. The Morgan fingerprint density at radius 2 is 1.48 bits per heavy atom. The van der Waals surface area contributed by atoms with E-state index in [0.29, 0.717) is 24.7 Å². The van der Waals surface area contributed by atoms with E-state index in [-0.39, 0.29) is 11.8 Å². The second-order valence-corrected chi connectivity index (χ2v) is 8.20. The van der Waals surface area contributed by atoms with Crippen LogP contribution in [0, 0.1) is 17.3 Å². The van der Waals surface area contributed by atoms with Crippen LogP contribution >= 0.6 is 0 Å². The Balaban J connectivity index is 1.64. The summed E-state index contributed by atoms with van der Waals surface area (Å²) in [4.78, 5) is 24.5. The van der Waals surface area contributed by atoms with Crippen LogP contribution < -0.4 is 10.6 Å². The van der Waals surface area contributed by atoms with Crippen molar-refractivity contribution in [3.63, 3.8) is 0 Å². The molecule has 0 unspecified atom stereocenters. The van der Waals surface area contributed by atoms with Gasteiger partial charge in [0.15, 0.2) is 0 Å². The van der Waals surface area contributed by atoms with Crippen molar-refractivity contribution in [2.24, 2.45) is 17.3 Å². The molecule has 25 heavy (non-hydrogen) atoms. The molecule has 0 spiro atoms.